The molecule has 0 saturated carbocycles. The highest BCUT2D eigenvalue weighted by molar-refractivity contribution is 5.98. The van der Waals surface area contributed by atoms with E-state index >= 15 is 0 Å². The molecule has 0 spiro atoms. The molecule has 1 N–H and O–H groups in total. The molecule has 0 aliphatic rings. The maximum absolute atomic E-state index is 12.9. The van der Waals surface area contributed by atoms with Crippen LogP contribution < -0.4 is 10.1 Å². The summed E-state index contributed by atoms with van der Waals surface area (Å²) in [7, 11) is 1.56. The summed E-state index contributed by atoms with van der Waals surface area (Å²) in [6.07, 6.45) is -1.60. The Kier molecular flexibility index (Phi) is 5.78. The van der Waals surface area contributed by atoms with Crippen LogP contribution in [0.4, 0.5) is 23.7 Å². The van der Waals surface area contributed by atoms with Gasteiger partial charge in [0.05, 0.1) is 23.4 Å². The Labute approximate surface area is 180 Å². The summed E-state index contributed by atoms with van der Waals surface area (Å²) in [6, 6.07) is 12.3. The number of hydrogen-bond acceptors (Lipinski definition) is 5. The first-order valence-corrected chi connectivity index (χ1v) is 9.41. The average molecular weight is 442 g/mol. The molecule has 0 aliphatic carbocycles. The Morgan fingerprint density at radius 3 is 2.72 bits per heavy atom. The van der Waals surface area contributed by atoms with Crippen LogP contribution in [0.1, 0.15) is 11.3 Å². The number of carbonyl (C=O) groups is 1. The second-order valence-electron chi connectivity index (χ2n) is 6.80. The summed E-state index contributed by atoms with van der Waals surface area (Å²) in [5, 5.41) is 3.19. The van der Waals surface area contributed by atoms with Crippen molar-refractivity contribution in [3.8, 4) is 11.6 Å². The van der Waals surface area contributed by atoms with Crippen molar-refractivity contribution in [2.75, 3.05) is 12.4 Å². The Balaban J connectivity index is 1.53. The van der Waals surface area contributed by atoms with E-state index in [-0.39, 0.29) is 5.69 Å². The van der Waals surface area contributed by atoms with E-state index in [0.717, 1.165) is 12.1 Å². The van der Waals surface area contributed by atoms with E-state index in [9.17, 15) is 18.0 Å². The minimum Gasteiger partial charge on any atom is -0.439 e. The monoisotopic (exact) mass is 442 g/mol. The minimum absolute atomic E-state index is 0.0438. The summed E-state index contributed by atoms with van der Waals surface area (Å²) in [5.74, 6) is 0.837. The second-order valence-corrected chi connectivity index (χ2v) is 6.80. The van der Waals surface area contributed by atoms with E-state index in [2.05, 4.69) is 15.3 Å². The lowest BCUT2D eigenvalue weighted by Crippen LogP contribution is -2.18. The quantitative estimate of drug-likeness (QED) is 0.444. The number of halogens is 3. The Bertz CT molecular complexity index is 1270. The molecular formula is C22H17F3N4O3. The first kappa shape index (κ1) is 21.3. The molecule has 0 bridgehead atoms. The van der Waals surface area contributed by atoms with Crippen molar-refractivity contribution in [2.24, 2.45) is 0 Å². The van der Waals surface area contributed by atoms with Gasteiger partial charge >= 0.3 is 12.2 Å². The standard InChI is InChI=1S/C22H17F3N4O3/c1-31-12-17-11-20(27-13-26-17)32-18-5-6-19-14(9-18)7-8-29(19)21(30)28-16-4-2-3-15(10-16)22(23,24)25/h2-11,13H,12H2,1H3,(H,28,30). The van der Waals surface area contributed by atoms with E-state index in [1.165, 1.54) is 29.2 Å². The van der Waals surface area contributed by atoms with Crippen LogP contribution in [0.2, 0.25) is 0 Å². The molecule has 0 saturated heterocycles. The van der Waals surface area contributed by atoms with Crippen LogP contribution in [0.3, 0.4) is 0 Å². The molecule has 0 fully saturated rings. The van der Waals surface area contributed by atoms with E-state index in [0.29, 0.717) is 34.8 Å². The number of rotatable bonds is 5. The Hall–Kier alpha value is -3.92. The summed E-state index contributed by atoms with van der Waals surface area (Å²) in [5.41, 5.74) is 0.427. The van der Waals surface area contributed by atoms with Gasteiger partial charge in [-0.1, -0.05) is 6.07 Å². The number of hydrogen-bond donors (Lipinski definition) is 1. The van der Waals surface area contributed by atoms with Crippen LogP contribution >= 0.6 is 0 Å². The van der Waals surface area contributed by atoms with Crippen LogP contribution in [0.15, 0.2) is 67.1 Å². The number of anilines is 1. The lowest BCUT2D eigenvalue weighted by Gasteiger charge is -2.11. The second kappa shape index (κ2) is 8.67. The first-order valence-electron chi connectivity index (χ1n) is 9.41. The summed E-state index contributed by atoms with van der Waals surface area (Å²) in [6.45, 7) is 0.321. The number of ether oxygens (including phenoxy) is 2. The zero-order valence-electron chi connectivity index (χ0n) is 16.8. The van der Waals surface area contributed by atoms with Crippen LogP contribution in [-0.4, -0.2) is 27.7 Å². The van der Waals surface area contributed by atoms with Gasteiger partial charge in [-0.25, -0.2) is 14.8 Å². The summed E-state index contributed by atoms with van der Waals surface area (Å²) < 4.78 is 50.8. The van der Waals surface area contributed by atoms with Gasteiger partial charge in [0, 0.05) is 30.4 Å². The fourth-order valence-corrected chi connectivity index (χ4v) is 3.10. The molecule has 32 heavy (non-hydrogen) atoms. The molecule has 1 amide bonds. The van der Waals surface area contributed by atoms with Gasteiger partial charge in [-0.15, -0.1) is 0 Å². The smallest absolute Gasteiger partial charge is 0.416 e. The number of alkyl halides is 3. The topological polar surface area (TPSA) is 78.3 Å². The van der Waals surface area contributed by atoms with Crippen LogP contribution in [0.5, 0.6) is 11.6 Å². The molecule has 10 heteroatoms. The van der Waals surface area contributed by atoms with Gasteiger partial charge in [0.25, 0.3) is 0 Å². The number of carbonyl (C=O) groups excluding carboxylic acids is 1. The van der Waals surface area contributed by atoms with E-state index in [1.54, 1.807) is 37.4 Å². The molecule has 2 heterocycles. The number of amides is 1. The minimum atomic E-state index is -4.49. The predicted octanol–water partition coefficient (Wildman–Crippen LogP) is 5.47. The van der Waals surface area contributed by atoms with Crippen LogP contribution in [-0.2, 0) is 17.5 Å². The molecule has 4 aromatic rings. The van der Waals surface area contributed by atoms with Gasteiger partial charge < -0.3 is 14.8 Å². The lowest BCUT2D eigenvalue weighted by molar-refractivity contribution is -0.137. The molecular weight excluding hydrogens is 425 g/mol. The first-order chi connectivity index (χ1) is 15.3. The third-order valence-electron chi connectivity index (χ3n) is 4.53. The fraction of sp³-hybridized carbons (Fsp3) is 0.136. The maximum Gasteiger partial charge on any atom is 0.416 e. The van der Waals surface area contributed by atoms with Crippen LogP contribution in [0.25, 0.3) is 10.9 Å². The number of aromatic nitrogens is 3. The van der Waals surface area contributed by atoms with Gasteiger partial charge in [0.15, 0.2) is 0 Å². The maximum atomic E-state index is 12.9. The highest BCUT2D eigenvalue weighted by Gasteiger charge is 2.30. The predicted molar refractivity (Wildman–Crippen MR) is 111 cm³/mol. The molecule has 2 aromatic carbocycles. The Morgan fingerprint density at radius 2 is 1.94 bits per heavy atom. The van der Waals surface area contributed by atoms with Crippen molar-refractivity contribution in [1.82, 2.24) is 14.5 Å². The van der Waals surface area contributed by atoms with Crippen molar-refractivity contribution in [3.63, 3.8) is 0 Å². The number of nitrogens with one attached hydrogen (secondary N) is 1. The zero-order chi connectivity index (χ0) is 22.7. The number of methoxy groups -OCH3 is 1. The molecule has 7 nitrogen and oxygen atoms in total. The van der Waals surface area contributed by atoms with Crippen molar-refractivity contribution in [2.45, 2.75) is 12.8 Å². The van der Waals surface area contributed by atoms with Crippen molar-refractivity contribution < 1.29 is 27.4 Å². The van der Waals surface area contributed by atoms with E-state index < -0.39 is 17.8 Å². The molecule has 0 atom stereocenters. The average Bonchev–Trinajstić information content (AvgIpc) is 3.17. The molecule has 0 unspecified atom stereocenters. The normalized spacial score (nSPS) is 11.5. The third kappa shape index (κ3) is 4.70. The number of fused-ring (bicyclic) bond motifs is 1. The van der Waals surface area contributed by atoms with Gasteiger partial charge in [-0.05, 0) is 42.5 Å². The van der Waals surface area contributed by atoms with Crippen molar-refractivity contribution in [3.05, 3.63) is 78.4 Å². The van der Waals surface area contributed by atoms with E-state index in [1.807, 2.05) is 0 Å². The molecule has 2 aromatic heterocycles. The van der Waals surface area contributed by atoms with Gasteiger partial charge in [-0.2, -0.15) is 13.2 Å². The number of benzene rings is 2. The van der Waals surface area contributed by atoms with Crippen molar-refractivity contribution >= 4 is 22.6 Å². The Morgan fingerprint density at radius 1 is 1.09 bits per heavy atom. The molecule has 0 radical (unpaired) electrons. The van der Waals surface area contributed by atoms with Crippen LogP contribution in [0, 0.1) is 0 Å². The molecule has 164 valence electrons. The number of nitrogens with zero attached hydrogens (tertiary/aromatic N) is 3. The lowest BCUT2D eigenvalue weighted by atomic mass is 10.2. The summed E-state index contributed by atoms with van der Waals surface area (Å²) >= 11 is 0. The highest BCUT2D eigenvalue weighted by Crippen LogP contribution is 2.31. The summed E-state index contributed by atoms with van der Waals surface area (Å²) in [4.78, 5) is 20.8. The zero-order valence-corrected chi connectivity index (χ0v) is 16.8. The largest absolute Gasteiger partial charge is 0.439 e. The fourth-order valence-electron chi connectivity index (χ4n) is 3.10. The van der Waals surface area contributed by atoms with Crippen molar-refractivity contribution in [1.29, 1.82) is 0 Å². The van der Waals surface area contributed by atoms with Gasteiger partial charge in [0.2, 0.25) is 5.88 Å². The highest BCUT2D eigenvalue weighted by atomic mass is 19.4. The SMILES string of the molecule is COCc1cc(Oc2ccc3c(ccn3C(=O)Nc3cccc(C(F)(F)F)c3)c2)ncn1. The van der Waals surface area contributed by atoms with E-state index in [4.69, 9.17) is 9.47 Å². The molecule has 4 rings (SSSR count). The molecule has 0 aliphatic heterocycles. The third-order valence-corrected chi connectivity index (χ3v) is 4.53. The van der Waals surface area contributed by atoms with Gasteiger partial charge in [0.1, 0.15) is 12.1 Å². The van der Waals surface area contributed by atoms with Gasteiger partial charge in [-0.3, -0.25) is 4.57 Å².